The van der Waals surface area contributed by atoms with Crippen molar-refractivity contribution in [2.45, 2.75) is 0 Å². The Labute approximate surface area is 242 Å². The van der Waals surface area contributed by atoms with E-state index in [4.69, 9.17) is 0 Å². The first kappa shape index (κ1) is 22.6. The minimum atomic E-state index is 0. The zero-order valence-electron chi connectivity index (χ0n) is 14.7. The summed E-state index contributed by atoms with van der Waals surface area (Å²) < 4.78 is 0. The maximum atomic E-state index is 4.59. The van der Waals surface area contributed by atoms with Crippen molar-refractivity contribution in [2.24, 2.45) is 5.10 Å². The van der Waals surface area contributed by atoms with Gasteiger partial charge in [0, 0.05) is 10.9 Å². The SMILES string of the molecule is [K+].[K+].[c-]1cc[c-]c(/C=N/Nc2nc(-c3ccc4ccccc4c3)cs2)c1. The van der Waals surface area contributed by atoms with Crippen molar-refractivity contribution >= 4 is 33.5 Å². The quantitative estimate of drug-likeness (QED) is 0.205. The number of hydrazone groups is 1. The van der Waals surface area contributed by atoms with Crippen molar-refractivity contribution in [2.75, 3.05) is 5.43 Å². The number of anilines is 1. The minimum Gasteiger partial charge on any atom is -0.286 e. The van der Waals surface area contributed by atoms with E-state index in [2.05, 4.69) is 58.0 Å². The minimum absolute atomic E-state index is 0. The van der Waals surface area contributed by atoms with Gasteiger partial charge in [0.2, 0.25) is 5.13 Å². The molecule has 1 aromatic heterocycles. The largest absolute Gasteiger partial charge is 1.00 e. The van der Waals surface area contributed by atoms with Gasteiger partial charge in [-0.05, 0) is 16.8 Å². The molecule has 4 rings (SSSR count). The maximum absolute atomic E-state index is 4.59. The zero-order chi connectivity index (χ0) is 16.2. The van der Waals surface area contributed by atoms with Crippen molar-refractivity contribution in [3.8, 4) is 11.3 Å². The van der Waals surface area contributed by atoms with Crippen LogP contribution in [0.5, 0.6) is 0 Å². The fourth-order valence-electron chi connectivity index (χ4n) is 2.40. The van der Waals surface area contributed by atoms with Crippen LogP contribution >= 0.6 is 11.3 Å². The molecule has 0 aliphatic carbocycles. The predicted octanol–water partition coefficient (Wildman–Crippen LogP) is -0.982. The number of hydrogen-bond acceptors (Lipinski definition) is 4. The Kier molecular flexibility index (Phi) is 9.84. The Morgan fingerprint density at radius 1 is 1.04 bits per heavy atom. The first-order valence-electron chi connectivity index (χ1n) is 7.50. The third kappa shape index (κ3) is 5.89. The average molecular weight is 406 g/mol. The van der Waals surface area contributed by atoms with Crippen LogP contribution in [0.15, 0.2) is 71.1 Å². The molecule has 3 aromatic carbocycles. The molecule has 116 valence electrons. The topological polar surface area (TPSA) is 37.3 Å². The third-order valence-corrected chi connectivity index (χ3v) is 4.33. The number of nitrogens with one attached hydrogen (secondary N) is 1. The van der Waals surface area contributed by atoms with E-state index in [1.165, 1.54) is 22.1 Å². The van der Waals surface area contributed by atoms with E-state index in [0.29, 0.717) is 0 Å². The fourth-order valence-corrected chi connectivity index (χ4v) is 3.07. The van der Waals surface area contributed by atoms with E-state index in [1.54, 1.807) is 12.3 Å². The van der Waals surface area contributed by atoms with Gasteiger partial charge < -0.3 is 0 Å². The Balaban J connectivity index is 0.00000121. The monoisotopic (exact) mass is 405 g/mol. The molecule has 0 aliphatic rings. The zero-order valence-corrected chi connectivity index (χ0v) is 21.8. The second-order valence-corrected chi connectivity index (χ2v) is 6.07. The number of rotatable bonds is 4. The van der Waals surface area contributed by atoms with Crippen molar-refractivity contribution in [3.05, 3.63) is 83.7 Å². The van der Waals surface area contributed by atoms with Gasteiger partial charge in [0.25, 0.3) is 0 Å². The van der Waals surface area contributed by atoms with E-state index in [1.807, 2.05) is 29.6 Å². The molecule has 0 amide bonds. The average Bonchev–Trinajstić information content (AvgIpc) is 3.11. The van der Waals surface area contributed by atoms with Crippen molar-refractivity contribution < 1.29 is 103 Å². The smallest absolute Gasteiger partial charge is 0.286 e. The summed E-state index contributed by atoms with van der Waals surface area (Å²) in [7, 11) is 0. The number of thiazole rings is 1. The number of fused-ring (bicyclic) bond motifs is 1. The Morgan fingerprint density at radius 2 is 1.88 bits per heavy atom. The first-order valence-corrected chi connectivity index (χ1v) is 8.38. The van der Waals surface area contributed by atoms with Gasteiger partial charge in [0.1, 0.15) is 0 Å². The summed E-state index contributed by atoms with van der Waals surface area (Å²) in [6.07, 6.45) is 1.70. The second kappa shape index (κ2) is 11.3. The molecule has 1 N–H and O–H groups in total. The molecule has 0 aliphatic heterocycles. The van der Waals surface area contributed by atoms with E-state index in [-0.39, 0.29) is 103 Å². The normalized spacial score (nSPS) is 10.3. The van der Waals surface area contributed by atoms with Gasteiger partial charge in [-0.1, -0.05) is 42.6 Å². The van der Waals surface area contributed by atoms with Gasteiger partial charge in [-0.15, -0.1) is 11.3 Å². The molecule has 0 spiro atoms. The van der Waals surface area contributed by atoms with Crippen LogP contribution in [0, 0.1) is 12.1 Å². The van der Waals surface area contributed by atoms with E-state index in [0.717, 1.165) is 22.0 Å². The van der Waals surface area contributed by atoms with Gasteiger partial charge in [0.05, 0.1) is 5.69 Å². The third-order valence-electron chi connectivity index (χ3n) is 3.58. The predicted molar refractivity (Wildman–Crippen MR) is 100 cm³/mol. The molecule has 3 nitrogen and oxygen atoms in total. The molecule has 26 heavy (non-hydrogen) atoms. The molecule has 0 saturated carbocycles. The van der Waals surface area contributed by atoms with Crippen molar-refractivity contribution in [3.63, 3.8) is 0 Å². The van der Waals surface area contributed by atoms with Crippen molar-refractivity contribution in [1.29, 1.82) is 0 Å². The number of hydrogen-bond donors (Lipinski definition) is 1. The summed E-state index contributed by atoms with van der Waals surface area (Å²) in [4.78, 5) is 4.59. The molecule has 0 radical (unpaired) electrons. The summed E-state index contributed by atoms with van der Waals surface area (Å²) in [5, 5.41) is 9.43. The molecule has 0 fully saturated rings. The molecule has 0 saturated heterocycles. The summed E-state index contributed by atoms with van der Waals surface area (Å²) in [6.45, 7) is 0. The molecule has 4 aromatic rings. The van der Waals surface area contributed by atoms with Gasteiger partial charge in [-0.25, -0.2) is 15.6 Å². The molecule has 0 atom stereocenters. The van der Waals surface area contributed by atoms with Crippen LogP contribution < -0.4 is 108 Å². The molecular formula is C20H13K2N3S. The summed E-state index contributed by atoms with van der Waals surface area (Å²) in [5.74, 6) is 0. The van der Waals surface area contributed by atoms with E-state index in [9.17, 15) is 0 Å². The summed E-state index contributed by atoms with van der Waals surface area (Å²) in [6, 6.07) is 26.2. The summed E-state index contributed by atoms with van der Waals surface area (Å²) in [5.41, 5.74) is 5.89. The number of nitrogens with zero attached hydrogens (tertiary/aromatic N) is 2. The molecular weight excluding hydrogens is 393 g/mol. The Hall–Kier alpha value is 0.293. The fraction of sp³-hybridized carbons (Fsp3) is 0. The van der Waals surface area contributed by atoms with Crippen LogP contribution in [-0.4, -0.2) is 11.2 Å². The second-order valence-electron chi connectivity index (χ2n) is 5.21. The van der Waals surface area contributed by atoms with Gasteiger partial charge in [-0.3, -0.25) is 35.8 Å². The van der Waals surface area contributed by atoms with Crippen molar-refractivity contribution in [1.82, 2.24) is 4.98 Å². The Morgan fingerprint density at radius 3 is 2.69 bits per heavy atom. The van der Waals surface area contributed by atoms with Gasteiger partial charge in [-0.2, -0.15) is 0 Å². The van der Waals surface area contributed by atoms with Crippen LogP contribution in [0.4, 0.5) is 5.13 Å². The van der Waals surface area contributed by atoms with Gasteiger partial charge in [0.15, 0.2) is 0 Å². The van der Waals surface area contributed by atoms with E-state index >= 15 is 0 Å². The van der Waals surface area contributed by atoms with Crippen LogP contribution in [0.25, 0.3) is 22.0 Å². The molecule has 0 bridgehead atoms. The van der Waals surface area contributed by atoms with Crippen LogP contribution in [-0.2, 0) is 0 Å². The molecule has 6 heteroatoms. The first-order chi connectivity index (χ1) is 11.9. The maximum Gasteiger partial charge on any atom is 1.00 e. The van der Waals surface area contributed by atoms with Crippen LogP contribution in [0.3, 0.4) is 0 Å². The standard InChI is InChI=1S/C20H13N3S.2K/c1-2-6-15(7-3-1)13-21-23-20-22-19(14-24-20)18-11-10-16-8-4-5-9-17(16)12-18;;/h1-2,4-5,7-14H,(H,22,23);;/q-2;2*+1/b21-13+;;. The number of aromatic nitrogens is 1. The molecule has 1 heterocycles. The Bertz CT molecular complexity index is 1000. The molecule has 0 unspecified atom stereocenters. The van der Waals surface area contributed by atoms with Crippen LogP contribution in [0.1, 0.15) is 5.56 Å². The van der Waals surface area contributed by atoms with E-state index < -0.39 is 0 Å². The number of benzene rings is 3. The van der Waals surface area contributed by atoms with Crippen LogP contribution in [0.2, 0.25) is 0 Å². The van der Waals surface area contributed by atoms with Gasteiger partial charge >= 0.3 is 103 Å². The summed E-state index contributed by atoms with van der Waals surface area (Å²) >= 11 is 1.53.